The molecule has 0 fully saturated rings. The molecule has 0 unspecified atom stereocenters. The molecule has 0 amide bonds. The molecule has 2 nitrogen and oxygen atoms in total. The molecule has 2 aromatic rings. The highest BCUT2D eigenvalue weighted by atomic mass is 19.4. The van der Waals surface area contributed by atoms with Crippen LogP contribution >= 0.6 is 0 Å². The Kier molecular flexibility index (Phi) is 7.04. The highest BCUT2D eigenvalue weighted by Gasteiger charge is 2.36. The molecule has 0 heterocycles. The van der Waals surface area contributed by atoms with Gasteiger partial charge in [-0.3, -0.25) is 0 Å². The predicted molar refractivity (Wildman–Crippen MR) is 100 cm³/mol. The molecule has 0 saturated carbocycles. The summed E-state index contributed by atoms with van der Waals surface area (Å²) in [7, 11) is 0. The molecule has 164 valence electrons. The number of halogens is 6. The first-order valence-electron chi connectivity index (χ1n) is 9.17. The normalized spacial score (nSPS) is 16.6. The second-order valence-electron chi connectivity index (χ2n) is 7.20. The van der Waals surface area contributed by atoms with E-state index in [0.717, 1.165) is 36.4 Å². The maximum absolute atomic E-state index is 12.8. The minimum absolute atomic E-state index is 0.0267. The number of alkyl halides is 6. The Labute approximate surface area is 170 Å². The van der Waals surface area contributed by atoms with Crippen LogP contribution in [0.2, 0.25) is 0 Å². The van der Waals surface area contributed by atoms with Gasteiger partial charge in [-0.1, -0.05) is 37.3 Å². The van der Waals surface area contributed by atoms with E-state index in [1.54, 1.807) is 6.92 Å². The van der Waals surface area contributed by atoms with E-state index >= 15 is 0 Å². The Bertz CT molecular complexity index is 840. The first-order valence-corrected chi connectivity index (χ1v) is 9.17. The van der Waals surface area contributed by atoms with Gasteiger partial charge in [0.2, 0.25) is 0 Å². The fourth-order valence-corrected chi connectivity index (χ4v) is 3.20. The van der Waals surface area contributed by atoms with Crippen LogP contribution in [0.1, 0.15) is 48.1 Å². The van der Waals surface area contributed by atoms with Gasteiger partial charge < -0.3 is 10.2 Å². The molecule has 30 heavy (non-hydrogen) atoms. The Morgan fingerprint density at radius 3 is 1.63 bits per heavy atom. The van der Waals surface area contributed by atoms with Gasteiger partial charge in [-0.05, 0) is 48.2 Å². The minimum Gasteiger partial charge on any atom is -0.388 e. The van der Waals surface area contributed by atoms with Crippen LogP contribution in [0.5, 0.6) is 0 Å². The van der Waals surface area contributed by atoms with Crippen molar-refractivity contribution in [2.45, 2.75) is 43.8 Å². The van der Waals surface area contributed by atoms with Crippen LogP contribution in [0.25, 0.3) is 0 Å². The molecule has 8 heteroatoms. The lowest BCUT2D eigenvalue weighted by molar-refractivity contribution is -0.138. The van der Waals surface area contributed by atoms with Crippen LogP contribution in [-0.2, 0) is 18.0 Å². The Morgan fingerprint density at radius 1 is 0.833 bits per heavy atom. The van der Waals surface area contributed by atoms with Gasteiger partial charge in [-0.2, -0.15) is 26.3 Å². The SMILES string of the molecule is C=C[C@H](C)[C@@](O)(CC[C@@H](O)c1ccc(C(F)(F)F)cc1)c1ccc(C(F)(F)F)cc1. The van der Waals surface area contributed by atoms with Crippen LogP contribution < -0.4 is 0 Å². The average Bonchev–Trinajstić information content (AvgIpc) is 2.70. The second kappa shape index (κ2) is 8.81. The summed E-state index contributed by atoms with van der Waals surface area (Å²) in [6.45, 7) is 5.25. The maximum Gasteiger partial charge on any atom is 0.416 e. The minimum atomic E-state index is -4.51. The third kappa shape index (κ3) is 5.43. The number of benzene rings is 2. The highest BCUT2D eigenvalue weighted by molar-refractivity contribution is 5.30. The van der Waals surface area contributed by atoms with Crippen molar-refractivity contribution in [3.8, 4) is 0 Å². The topological polar surface area (TPSA) is 40.5 Å². The molecule has 0 aliphatic heterocycles. The molecular formula is C22H22F6O2. The number of aliphatic hydroxyl groups is 2. The van der Waals surface area contributed by atoms with Crippen molar-refractivity contribution in [1.29, 1.82) is 0 Å². The van der Waals surface area contributed by atoms with Gasteiger partial charge in [-0.15, -0.1) is 6.58 Å². The third-order valence-electron chi connectivity index (χ3n) is 5.24. The number of rotatable bonds is 7. The smallest absolute Gasteiger partial charge is 0.388 e. The third-order valence-corrected chi connectivity index (χ3v) is 5.24. The zero-order chi connectivity index (χ0) is 22.7. The van der Waals surface area contributed by atoms with E-state index in [0.29, 0.717) is 0 Å². The summed E-state index contributed by atoms with van der Waals surface area (Å²) in [6.07, 6.45) is -8.80. The Morgan fingerprint density at radius 2 is 1.23 bits per heavy atom. The van der Waals surface area contributed by atoms with E-state index in [1.165, 1.54) is 18.2 Å². The molecular weight excluding hydrogens is 410 g/mol. The quantitative estimate of drug-likeness (QED) is 0.401. The summed E-state index contributed by atoms with van der Waals surface area (Å²) in [4.78, 5) is 0. The molecule has 0 radical (unpaired) electrons. The van der Waals surface area contributed by atoms with E-state index in [9.17, 15) is 36.6 Å². The van der Waals surface area contributed by atoms with Gasteiger partial charge in [0.1, 0.15) is 0 Å². The number of aliphatic hydroxyl groups excluding tert-OH is 1. The van der Waals surface area contributed by atoms with Crippen molar-refractivity contribution >= 4 is 0 Å². The summed E-state index contributed by atoms with van der Waals surface area (Å²) in [6, 6.07) is 8.09. The number of hydrogen-bond donors (Lipinski definition) is 2. The Balaban J connectivity index is 2.21. The lowest BCUT2D eigenvalue weighted by Gasteiger charge is -2.34. The van der Waals surface area contributed by atoms with Crippen LogP contribution in [0, 0.1) is 5.92 Å². The van der Waals surface area contributed by atoms with E-state index in [1.807, 2.05) is 0 Å². The molecule has 2 rings (SSSR count). The second-order valence-corrected chi connectivity index (χ2v) is 7.20. The molecule has 2 aromatic carbocycles. The molecule has 0 aromatic heterocycles. The van der Waals surface area contributed by atoms with Gasteiger partial charge in [0.25, 0.3) is 0 Å². The molecule has 3 atom stereocenters. The van der Waals surface area contributed by atoms with Gasteiger partial charge in [0.15, 0.2) is 0 Å². The predicted octanol–water partition coefficient (Wildman–Crippen LogP) is 6.25. The average molecular weight is 432 g/mol. The van der Waals surface area contributed by atoms with Crippen molar-refractivity contribution in [1.82, 2.24) is 0 Å². The van der Waals surface area contributed by atoms with Crippen molar-refractivity contribution < 1.29 is 36.6 Å². The lowest BCUT2D eigenvalue weighted by atomic mass is 9.77. The van der Waals surface area contributed by atoms with E-state index in [4.69, 9.17) is 0 Å². The maximum atomic E-state index is 12.8. The van der Waals surface area contributed by atoms with Gasteiger partial charge in [0.05, 0.1) is 22.8 Å². The fraction of sp³-hybridized carbons (Fsp3) is 0.364. The summed E-state index contributed by atoms with van der Waals surface area (Å²) in [5.41, 5.74) is -2.85. The van der Waals surface area contributed by atoms with Crippen molar-refractivity contribution in [3.63, 3.8) is 0 Å². The summed E-state index contributed by atoms with van der Waals surface area (Å²) in [5, 5.41) is 21.5. The van der Waals surface area contributed by atoms with E-state index < -0.39 is 41.1 Å². The summed E-state index contributed by atoms with van der Waals surface area (Å²) < 4.78 is 76.4. The highest BCUT2D eigenvalue weighted by Crippen LogP contribution is 2.39. The van der Waals surface area contributed by atoms with Crippen LogP contribution in [0.3, 0.4) is 0 Å². The first kappa shape index (κ1) is 24.0. The monoisotopic (exact) mass is 432 g/mol. The molecule has 0 saturated heterocycles. The summed E-state index contributed by atoms with van der Waals surface area (Å²) >= 11 is 0. The van der Waals surface area contributed by atoms with Crippen LogP contribution in [0.15, 0.2) is 61.2 Å². The molecule has 0 aliphatic carbocycles. The largest absolute Gasteiger partial charge is 0.416 e. The van der Waals surface area contributed by atoms with Crippen LogP contribution in [-0.4, -0.2) is 10.2 Å². The zero-order valence-corrected chi connectivity index (χ0v) is 16.1. The van der Waals surface area contributed by atoms with Gasteiger partial charge in [0, 0.05) is 5.92 Å². The van der Waals surface area contributed by atoms with Gasteiger partial charge >= 0.3 is 12.4 Å². The van der Waals surface area contributed by atoms with E-state index in [-0.39, 0.29) is 24.0 Å². The van der Waals surface area contributed by atoms with Crippen molar-refractivity contribution in [2.75, 3.05) is 0 Å². The standard InChI is InChI=1S/C22H22F6O2/c1-3-14(2)20(30,16-8-10-18(11-9-16)22(26,27)28)13-12-19(29)15-4-6-17(7-5-15)21(23,24)25/h3-11,14,19,29-30H,1,12-13H2,2H3/t14-,19+,20-/m0/s1. The lowest BCUT2D eigenvalue weighted by Crippen LogP contribution is -2.33. The van der Waals surface area contributed by atoms with Gasteiger partial charge in [-0.25, -0.2) is 0 Å². The van der Waals surface area contributed by atoms with E-state index in [2.05, 4.69) is 6.58 Å². The van der Waals surface area contributed by atoms with Crippen LogP contribution in [0.4, 0.5) is 26.3 Å². The molecule has 2 N–H and O–H groups in total. The van der Waals surface area contributed by atoms with Crippen molar-refractivity contribution in [2.24, 2.45) is 5.92 Å². The Hall–Kier alpha value is -2.32. The first-order chi connectivity index (χ1) is 13.8. The zero-order valence-electron chi connectivity index (χ0n) is 16.1. The fourth-order valence-electron chi connectivity index (χ4n) is 3.20. The molecule has 0 spiro atoms. The molecule has 0 aliphatic rings. The number of hydrogen-bond acceptors (Lipinski definition) is 2. The molecule has 0 bridgehead atoms. The van der Waals surface area contributed by atoms with Crippen molar-refractivity contribution in [3.05, 3.63) is 83.4 Å². The summed E-state index contributed by atoms with van der Waals surface area (Å²) in [5.74, 6) is -0.561.